The van der Waals surface area contributed by atoms with Crippen molar-refractivity contribution in [2.24, 2.45) is 17.8 Å². The van der Waals surface area contributed by atoms with E-state index in [1.807, 2.05) is 18.2 Å². The first-order valence-electron chi connectivity index (χ1n) is 10.9. The van der Waals surface area contributed by atoms with E-state index in [9.17, 15) is 9.18 Å². The van der Waals surface area contributed by atoms with Gasteiger partial charge in [-0.2, -0.15) is 0 Å². The van der Waals surface area contributed by atoms with Crippen LogP contribution in [-0.4, -0.2) is 43.6 Å². The zero-order valence-electron chi connectivity index (χ0n) is 18.0. The number of nitrogens with one attached hydrogen (secondary N) is 1. The number of amides is 1. The summed E-state index contributed by atoms with van der Waals surface area (Å²) in [5.74, 6) is 1.10. The average molecular weight is 413 g/mol. The Labute approximate surface area is 179 Å². The van der Waals surface area contributed by atoms with E-state index in [1.54, 1.807) is 12.1 Å². The van der Waals surface area contributed by atoms with Crippen molar-refractivity contribution in [1.82, 2.24) is 10.2 Å². The van der Waals surface area contributed by atoms with Crippen LogP contribution in [0.2, 0.25) is 0 Å². The summed E-state index contributed by atoms with van der Waals surface area (Å²) in [6.45, 7) is 8.18. The zero-order valence-corrected chi connectivity index (χ0v) is 18.0. The molecular formula is C25H33FN2O2. The summed E-state index contributed by atoms with van der Waals surface area (Å²) in [6.07, 6.45) is 1.63. The van der Waals surface area contributed by atoms with Gasteiger partial charge in [0, 0.05) is 38.2 Å². The number of ether oxygens (including phenoxy) is 1. The highest BCUT2D eigenvalue weighted by Crippen LogP contribution is 2.24. The number of hydrogen-bond acceptors (Lipinski definition) is 3. The Morgan fingerprint density at radius 3 is 2.70 bits per heavy atom. The minimum Gasteiger partial charge on any atom is -0.493 e. The third-order valence-corrected chi connectivity index (χ3v) is 5.44. The van der Waals surface area contributed by atoms with Gasteiger partial charge in [0.1, 0.15) is 11.6 Å². The molecule has 2 atom stereocenters. The smallest absolute Gasteiger partial charge is 0.224 e. The molecule has 1 aliphatic heterocycles. The van der Waals surface area contributed by atoms with Crippen molar-refractivity contribution < 1.29 is 13.9 Å². The van der Waals surface area contributed by atoms with Gasteiger partial charge in [-0.25, -0.2) is 4.39 Å². The lowest BCUT2D eigenvalue weighted by Crippen LogP contribution is -2.48. The van der Waals surface area contributed by atoms with Gasteiger partial charge < -0.3 is 15.0 Å². The second-order valence-corrected chi connectivity index (χ2v) is 8.71. The van der Waals surface area contributed by atoms with Gasteiger partial charge in [0.05, 0.1) is 12.5 Å². The third kappa shape index (κ3) is 7.13. The van der Waals surface area contributed by atoms with Gasteiger partial charge in [-0.3, -0.25) is 4.79 Å². The first kappa shape index (κ1) is 22.3. The Hall–Kier alpha value is -2.40. The third-order valence-electron chi connectivity index (χ3n) is 5.44. The molecule has 0 aliphatic carbocycles. The fraction of sp³-hybridized carbons (Fsp3) is 0.480. The molecule has 3 rings (SSSR count). The highest BCUT2D eigenvalue weighted by Gasteiger charge is 2.32. The van der Waals surface area contributed by atoms with Crippen LogP contribution in [0.15, 0.2) is 54.6 Å². The first-order valence-corrected chi connectivity index (χ1v) is 10.9. The number of carbonyl (C=O) groups is 1. The Morgan fingerprint density at radius 1 is 1.17 bits per heavy atom. The van der Waals surface area contributed by atoms with Crippen molar-refractivity contribution in [2.75, 3.05) is 32.8 Å². The molecule has 162 valence electrons. The summed E-state index contributed by atoms with van der Waals surface area (Å²) < 4.78 is 19.3. The van der Waals surface area contributed by atoms with E-state index in [2.05, 4.69) is 36.2 Å². The molecule has 0 unspecified atom stereocenters. The second-order valence-electron chi connectivity index (χ2n) is 8.71. The van der Waals surface area contributed by atoms with Crippen LogP contribution in [0.1, 0.15) is 25.8 Å². The molecule has 0 aromatic heterocycles. The molecule has 5 heteroatoms. The van der Waals surface area contributed by atoms with Crippen molar-refractivity contribution in [3.63, 3.8) is 0 Å². The van der Waals surface area contributed by atoms with Gasteiger partial charge in [-0.05, 0) is 36.5 Å². The number of nitrogens with zero attached hydrogens (tertiary/aromatic N) is 1. The van der Waals surface area contributed by atoms with Gasteiger partial charge in [-0.1, -0.05) is 50.2 Å². The molecule has 4 nitrogen and oxygen atoms in total. The van der Waals surface area contributed by atoms with Crippen molar-refractivity contribution in [2.45, 2.75) is 26.7 Å². The Morgan fingerprint density at radius 2 is 1.97 bits per heavy atom. The van der Waals surface area contributed by atoms with Gasteiger partial charge in [-0.15, -0.1) is 0 Å². The average Bonchev–Trinajstić information content (AvgIpc) is 2.72. The molecule has 1 amide bonds. The maximum Gasteiger partial charge on any atom is 0.224 e. The lowest BCUT2D eigenvalue weighted by Gasteiger charge is -2.38. The maximum absolute atomic E-state index is 13.4. The summed E-state index contributed by atoms with van der Waals surface area (Å²) >= 11 is 0. The van der Waals surface area contributed by atoms with Crippen LogP contribution in [0.3, 0.4) is 0 Å². The van der Waals surface area contributed by atoms with Gasteiger partial charge in [0.25, 0.3) is 0 Å². The van der Waals surface area contributed by atoms with E-state index in [4.69, 9.17) is 4.74 Å². The van der Waals surface area contributed by atoms with Crippen molar-refractivity contribution in [3.05, 3.63) is 66.0 Å². The second kappa shape index (κ2) is 11.1. The normalized spacial score (nSPS) is 19.6. The lowest BCUT2D eigenvalue weighted by atomic mass is 9.88. The minimum absolute atomic E-state index is 0.0469. The maximum atomic E-state index is 13.4. The number of rotatable bonds is 9. The van der Waals surface area contributed by atoms with E-state index in [0.717, 1.165) is 32.5 Å². The van der Waals surface area contributed by atoms with Crippen molar-refractivity contribution >= 4 is 5.91 Å². The molecule has 1 heterocycles. The predicted octanol–water partition coefficient (Wildman–Crippen LogP) is 4.16. The SMILES string of the molecule is CC(C)CN1C[C@@H](COc2cccc(F)c2)C[C@@H](C(=O)NCCc2ccccc2)C1. The zero-order chi connectivity index (χ0) is 21.3. The number of hydrogen-bond donors (Lipinski definition) is 1. The van der Waals surface area contributed by atoms with E-state index in [-0.39, 0.29) is 23.6 Å². The summed E-state index contributed by atoms with van der Waals surface area (Å²) in [5, 5.41) is 3.12. The molecule has 0 bridgehead atoms. The molecule has 1 saturated heterocycles. The van der Waals surface area contributed by atoms with Gasteiger partial charge >= 0.3 is 0 Å². The monoisotopic (exact) mass is 412 g/mol. The number of piperidine rings is 1. The molecule has 0 radical (unpaired) electrons. The molecule has 2 aromatic carbocycles. The van der Waals surface area contributed by atoms with E-state index in [1.165, 1.54) is 17.7 Å². The fourth-order valence-electron chi connectivity index (χ4n) is 4.17. The fourth-order valence-corrected chi connectivity index (χ4v) is 4.17. The number of likely N-dealkylation sites (tertiary alicyclic amines) is 1. The number of benzene rings is 2. The largest absolute Gasteiger partial charge is 0.493 e. The van der Waals surface area contributed by atoms with Crippen LogP contribution in [0.5, 0.6) is 5.75 Å². The summed E-state index contributed by atoms with van der Waals surface area (Å²) in [6, 6.07) is 16.4. The Balaban J connectivity index is 1.54. The molecule has 0 saturated carbocycles. The molecule has 1 N–H and O–H groups in total. The molecule has 1 fully saturated rings. The lowest BCUT2D eigenvalue weighted by molar-refractivity contribution is -0.127. The highest BCUT2D eigenvalue weighted by atomic mass is 19.1. The highest BCUT2D eigenvalue weighted by molar-refractivity contribution is 5.79. The molecule has 0 spiro atoms. The molecule has 30 heavy (non-hydrogen) atoms. The van der Waals surface area contributed by atoms with Crippen LogP contribution >= 0.6 is 0 Å². The quantitative estimate of drug-likeness (QED) is 0.673. The molecular weight excluding hydrogens is 379 g/mol. The minimum atomic E-state index is -0.298. The van der Waals surface area contributed by atoms with E-state index < -0.39 is 0 Å². The van der Waals surface area contributed by atoms with Crippen molar-refractivity contribution in [1.29, 1.82) is 0 Å². The molecule has 1 aliphatic rings. The summed E-state index contributed by atoms with van der Waals surface area (Å²) in [7, 11) is 0. The van der Waals surface area contributed by atoms with Crippen molar-refractivity contribution in [3.8, 4) is 5.75 Å². The van der Waals surface area contributed by atoms with E-state index >= 15 is 0 Å². The van der Waals surface area contributed by atoms with Crippen LogP contribution in [0.4, 0.5) is 4.39 Å². The van der Waals surface area contributed by atoms with Crippen LogP contribution in [-0.2, 0) is 11.2 Å². The van der Waals surface area contributed by atoms with Crippen LogP contribution < -0.4 is 10.1 Å². The first-order chi connectivity index (χ1) is 14.5. The Kier molecular flexibility index (Phi) is 8.26. The number of carbonyl (C=O) groups excluding carboxylic acids is 1. The summed E-state index contributed by atoms with van der Waals surface area (Å²) in [4.78, 5) is 15.2. The van der Waals surface area contributed by atoms with Crippen LogP contribution in [0.25, 0.3) is 0 Å². The standard InChI is InChI=1S/C25H33FN2O2/c1-19(2)15-28-16-21(18-30-24-10-6-9-23(26)14-24)13-22(17-28)25(29)27-12-11-20-7-4-3-5-8-20/h3-10,14,19,21-22H,11-13,15-18H2,1-2H3,(H,27,29)/t21-,22+/m0/s1. The van der Waals surface area contributed by atoms with Gasteiger partial charge in [0.15, 0.2) is 0 Å². The summed E-state index contributed by atoms with van der Waals surface area (Å²) in [5.41, 5.74) is 1.23. The van der Waals surface area contributed by atoms with Crippen LogP contribution in [0, 0.1) is 23.6 Å². The predicted molar refractivity (Wildman–Crippen MR) is 118 cm³/mol. The molecule has 2 aromatic rings. The van der Waals surface area contributed by atoms with Gasteiger partial charge in [0.2, 0.25) is 5.91 Å². The Bertz CT molecular complexity index is 797. The number of halogens is 1. The topological polar surface area (TPSA) is 41.6 Å². The van der Waals surface area contributed by atoms with E-state index in [0.29, 0.717) is 24.8 Å².